The van der Waals surface area contributed by atoms with E-state index in [1.165, 1.54) is 32.1 Å². The van der Waals surface area contributed by atoms with Crippen LogP contribution in [0, 0.1) is 0 Å². The lowest BCUT2D eigenvalue weighted by molar-refractivity contribution is 0.462. The number of nitrogens with one attached hydrogen (secondary N) is 2. The predicted octanol–water partition coefficient (Wildman–Crippen LogP) is 4.17. The third kappa shape index (κ3) is 3.17. The molecule has 0 spiro atoms. The van der Waals surface area contributed by atoms with Gasteiger partial charge in [0.05, 0.1) is 10.0 Å². The van der Waals surface area contributed by atoms with Crippen molar-refractivity contribution in [3.05, 3.63) is 16.1 Å². The Bertz CT molecular complexity index is 390. The molecule has 1 fully saturated rings. The summed E-state index contributed by atoms with van der Waals surface area (Å²) in [7, 11) is 1.80. The van der Waals surface area contributed by atoms with Gasteiger partial charge in [0.15, 0.2) is 0 Å². The smallest absolute Gasteiger partial charge is 0.147 e. The molecule has 2 rings (SSSR count). The van der Waals surface area contributed by atoms with Gasteiger partial charge in [0.25, 0.3) is 0 Å². The van der Waals surface area contributed by atoms with E-state index in [-0.39, 0.29) is 0 Å². The molecule has 0 atom stereocenters. The molecule has 1 heterocycles. The summed E-state index contributed by atoms with van der Waals surface area (Å²) in [4.78, 5) is 4.40. The van der Waals surface area contributed by atoms with Gasteiger partial charge in [-0.15, -0.1) is 0 Å². The minimum atomic E-state index is 0.486. The van der Waals surface area contributed by atoms with Gasteiger partial charge in [-0.2, -0.15) is 0 Å². The second-order valence-corrected chi connectivity index (χ2v) is 5.19. The van der Waals surface area contributed by atoms with Gasteiger partial charge >= 0.3 is 0 Å². The maximum atomic E-state index is 6.14. The maximum absolute atomic E-state index is 6.14. The summed E-state index contributed by atoms with van der Waals surface area (Å²) in [6.45, 7) is 0. The molecule has 1 aliphatic carbocycles. The van der Waals surface area contributed by atoms with Crippen molar-refractivity contribution in [3.8, 4) is 0 Å². The first kappa shape index (κ1) is 12.8. The quantitative estimate of drug-likeness (QED) is 0.868. The van der Waals surface area contributed by atoms with Crippen molar-refractivity contribution >= 4 is 34.8 Å². The predicted molar refractivity (Wildman–Crippen MR) is 74.3 cm³/mol. The van der Waals surface area contributed by atoms with Gasteiger partial charge in [-0.3, -0.25) is 0 Å². The lowest BCUT2D eigenvalue weighted by Gasteiger charge is -2.24. The minimum absolute atomic E-state index is 0.486. The van der Waals surface area contributed by atoms with Gasteiger partial charge in [0.2, 0.25) is 0 Å². The molecule has 17 heavy (non-hydrogen) atoms. The Kier molecular flexibility index (Phi) is 4.35. The Morgan fingerprint density at radius 1 is 1.12 bits per heavy atom. The third-order valence-corrected chi connectivity index (χ3v) is 3.69. The fourth-order valence-corrected chi connectivity index (χ4v) is 2.69. The van der Waals surface area contributed by atoms with Crippen LogP contribution >= 0.6 is 23.2 Å². The van der Waals surface area contributed by atoms with Gasteiger partial charge in [0.1, 0.15) is 11.6 Å². The number of nitrogens with zero attached hydrogens (tertiary/aromatic N) is 1. The molecule has 0 saturated heterocycles. The second kappa shape index (κ2) is 5.78. The lowest BCUT2D eigenvalue weighted by atomic mass is 9.95. The van der Waals surface area contributed by atoms with E-state index in [1.807, 2.05) is 0 Å². The first-order chi connectivity index (χ1) is 8.20. The SMILES string of the molecule is CNc1nc(NC2CCCCC2)c(Cl)cc1Cl. The highest BCUT2D eigenvalue weighted by Gasteiger charge is 2.16. The Morgan fingerprint density at radius 3 is 2.41 bits per heavy atom. The molecule has 1 aromatic rings. The fraction of sp³-hybridized carbons (Fsp3) is 0.583. The van der Waals surface area contributed by atoms with Crippen LogP contribution in [-0.4, -0.2) is 18.1 Å². The fourth-order valence-electron chi connectivity index (χ4n) is 2.18. The number of aromatic nitrogens is 1. The Hall–Kier alpha value is -0.670. The van der Waals surface area contributed by atoms with Gasteiger partial charge in [-0.05, 0) is 18.9 Å². The normalized spacial score (nSPS) is 16.9. The molecule has 0 amide bonds. The van der Waals surface area contributed by atoms with Crippen LogP contribution in [0.5, 0.6) is 0 Å². The van der Waals surface area contributed by atoms with Crippen LogP contribution < -0.4 is 10.6 Å². The molecule has 0 aromatic carbocycles. The summed E-state index contributed by atoms with van der Waals surface area (Å²) in [6, 6.07) is 2.22. The van der Waals surface area contributed by atoms with E-state index in [4.69, 9.17) is 23.2 Å². The van der Waals surface area contributed by atoms with E-state index < -0.39 is 0 Å². The molecule has 94 valence electrons. The van der Waals surface area contributed by atoms with Gasteiger partial charge in [-0.25, -0.2) is 4.98 Å². The van der Waals surface area contributed by atoms with Crippen LogP contribution in [-0.2, 0) is 0 Å². The van der Waals surface area contributed by atoms with Crippen molar-refractivity contribution in [3.63, 3.8) is 0 Å². The zero-order valence-electron chi connectivity index (χ0n) is 9.89. The van der Waals surface area contributed by atoms with Crippen LogP contribution in [0.3, 0.4) is 0 Å². The van der Waals surface area contributed by atoms with Crippen molar-refractivity contribution in [2.75, 3.05) is 17.7 Å². The molecule has 0 radical (unpaired) electrons. The average molecular weight is 274 g/mol. The second-order valence-electron chi connectivity index (χ2n) is 4.38. The Labute approximate surface area is 112 Å². The topological polar surface area (TPSA) is 37.0 Å². The zero-order chi connectivity index (χ0) is 12.3. The van der Waals surface area contributed by atoms with E-state index in [0.29, 0.717) is 21.9 Å². The molecule has 3 nitrogen and oxygen atoms in total. The third-order valence-electron chi connectivity index (χ3n) is 3.11. The summed E-state index contributed by atoms with van der Waals surface area (Å²) in [5, 5.41) is 7.50. The van der Waals surface area contributed by atoms with Crippen molar-refractivity contribution in [2.24, 2.45) is 0 Å². The molecular weight excluding hydrogens is 257 g/mol. The van der Waals surface area contributed by atoms with Crippen LogP contribution in [0.4, 0.5) is 11.6 Å². The molecule has 0 unspecified atom stereocenters. The van der Waals surface area contributed by atoms with Gasteiger partial charge in [-0.1, -0.05) is 42.5 Å². The minimum Gasteiger partial charge on any atom is -0.372 e. The number of rotatable bonds is 3. The molecule has 1 aromatic heterocycles. The Balaban J connectivity index is 2.13. The van der Waals surface area contributed by atoms with E-state index >= 15 is 0 Å². The Morgan fingerprint density at radius 2 is 1.76 bits per heavy atom. The number of halogens is 2. The van der Waals surface area contributed by atoms with Crippen molar-refractivity contribution in [1.82, 2.24) is 4.98 Å². The van der Waals surface area contributed by atoms with Gasteiger partial charge in [0, 0.05) is 13.1 Å². The molecular formula is C12H17Cl2N3. The van der Waals surface area contributed by atoms with E-state index in [2.05, 4.69) is 15.6 Å². The summed E-state index contributed by atoms with van der Waals surface area (Å²) in [5.41, 5.74) is 0. The van der Waals surface area contributed by atoms with Crippen molar-refractivity contribution in [1.29, 1.82) is 0 Å². The number of hydrogen-bond acceptors (Lipinski definition) is 3. The first-order valence-electron chi connectivity index (χ1n) is 6.01. The number of hydrogen-bond donors (Lipinski definition) is 2. The van der Waals surface area contributed by atoms with Crippen LogP contribution in [0.2, 0.25) is 10.0 Å². The highest BCUT2D eigenvalue weighted by Crippen LogP contribution is 2.30. The summed E-state index contributed by atoms with van der Waals surface area (Å²) in [6.07, 6.45) is 6.27. The summed E-state index contributed by atoms with van der Waals surface area (Å²) < 4.78 is 0. The van der Waals surface area contributed by atoms with E-state index in [9.17, 15) is 0 Å². The largest absolute Gasteiger partial charge is 0.372 e. The molecule has 5 heteroatoms. The summed E-state index contributed by atoms with van der Waals surface area (Å²) >= 11 is 12.1. The number of anilines is 2. The lowest BCUT2D eigenvalue weighted by Crippen LogP contribution is -2.23. The molecule has 0 aliphatic heterocycles. The monoisotopic (exact) mass is 273 g/mol. The molecule has 1 saturated carbocycles. The van der Waals surface area contributed by atoms with E-state index in [1.54, 1.807) is 13.1 Å². The average Bonchev–Trinajstić information content (AvgIpc) is 2.34. The molecule has 0 bridgehead atoms. The molecule has 1 aliphatic rings. The zero-order valence-corrected chi connectivity index (χ0v) is 11.4. The van der Waals surface area contributed by atoms with Crippen LogP contribution in [0.15, 0.2) is 6.07 Å². The van der Waals surface area contributed by atoms with Crippen molar-refractivity contribution in [2.45, 2.75) is 38.1 Å². The van der Waals surface area contributed by atoms with Gasteiger partial charge < -0.3 is 10.6 Å². The highest BCUT2D eigenvalue weighted by molar-refractivity contribution is 6.37. The van der Waals surface area contributed by atoms with E-state index in [0.717, 1.165) is 5.82 Å². The maximum Gasteiger partial charge on any atom is 0.147 e. The molecule has 2 N–H and O–H groups in total. The number of pyridine rings is 1. The standard InChI is InChI=1S/C12H17Cl2N3/c1-15-11-9(13)7-10(14)12(17-11)16-8-5-3-2-4-6-8/h7-8H,2-6H2,1H3,(H2,15,16,17). The van der Waals surface area contributed by atoms with Crippen LogP contribution in [0.25, 0.3) is 0 Å². The van der Waals surface area contributed by atoms with Crippen LogP contribution in [0.1, 0.15) is 32.1 Å². The first-order valence-corrected chi connectivity index (χ1v) is 6.76. The van der Waals surface area contributed by atoms with Crippen molar-refractivity contribution < 1.29 is 0 Å². The highest BCUT2D eigenvalue weighted by atomic mass is 35.5. The summed E-state index contributed by atoms with van der Waals surface area (Å²) in [5.74, 6) is 1.39.